The fourth-order valence-corrected chi connectivity index (χ4v) is 4.12. The largest absolute Gasteiger partial charge is 0.497 e. The van der Waals surface area contributed by atoms with Gasteiger partial charge in [0, 0.05) is 30.2 Å². The first-order valence-electron chi connectivity index (χ1n) is 9.48. The van der Waals surface area contributed by atoms with E-state index in [1.807, 2.05) is 29.1 Å². The smallest absolute Gasteiger partial charge is 0.265 e. The summed E-state index contributed by atoms with van der Waals surface area (Å²) < 4.78 is 46.0. The number of rotatable bonds is 8. The van der Waals surface area contributed by atoms with Crippen molar-refractivity contribution in [3.8, 4) is 28.9 Å². The Kier molecular flexibility index (Phi) is 5.95. The summed E-state index contributed by atoms with van der Waals surface area (Å²) >= 11 is 0. The first-order valence-corrected chi connectivity index (χ1v) is 11.0. The van der Waals surface area contributed by atoms with Crippen LogP contribution in [0.5, 0.6) is 23.1 Å². The highest BCUT2D eigenvalue weighted by atomic mass is 32.2. The Morgan fingerprint density at radius 1 is 0.844 bits per heavy atom. The van der Waals surface area contributed by atoms with Crippen molar-refractivity contribution in [2.24, 2.45) is 0 Å². The first kappa shape index (κ1) is 21.2. The maximum absolute atomic E-state index is 12.8. The number of nitrogens with one attached hydrogen (secondary N) is 1. The average molecular weight is 452 g/mol. The molecule has 2 heterocycles. The molecule has 2 aromatic carbocycles. The molecule has 0 aliphatic rings. The van der Waals surface area contributed by atoms with Crippen molar-refractivity contribution in [1.82, 2.24) is 14.8 Å². The highest BCUT2D eigenvalue weighted by Gasteiger charge is 2.20. The van der Waals surface area contributed by atoms with Crippen LogP contribution >= 0.6 is 0 Å². The molecule has 4 aromatic rings. The van der Waals surface area contributed by atoms with Crippen LogP contribution in [0.4, 0.5) is 5.69 Å². The van der Waals surface area contributed by atoms with Crippen molar-refractivity contribution in [2.75, 3.05) is 18.9 Å². The van der Waals surface area contributed by atoms with Gasteiger partial charge in [-0.05, 0) is 54.6 Å². The molecule has 9 nitrogen and oxygen atoms in total. The van der Waals surface area contributed by atoms with Crippen LogP contribution in [0.25, 0.3) is 5.82 Å². The summed E-state index contributed by atoms with van der Waals surface area (Å²) in [6.07, 6.45) is 3.73. The number of methoxy groups -OCH3 is 2. The first-order chi connectivity index (χ1) is 15.5. The molecule has 0 amide bonds. The van der Waals surface area contributed by atoms with Gasteiger partial charge in [0.25, 0.3) is 10.0 Å². The molecule has 0 unspecified atom stereocenters. The second-order valence-corrected chi connectivity index (χ2v) is 8.22. The van der Waals surface area contributed by atoms with Gasteiger partial charge >= 0.3 is 0 Å². The summed E-state index contributed by atoms with van der Waals surface area (Å²) in [4.78, 5) is -0.000757. The highest BCUT2D eigenvalue weighted by Crippen LogP contribution is 2.30. The molecule has 164 valence electrons. The van der Waals surface area contributed by atoms with E-state index in [2.05, 4.69) is 14.9 Å². The number of sulfonamides is 1. The standard InChI is InChI=1S/C22H20N4O5S/c1-29-18-9-10-20(19(15-18)30-2)32(27,28)25-16-5-7-17(8-6-16)31-22-12-11-21(23-24-22)26-13-3-4-14-26/h3-15,25H,1-2H3. The molecule has 1 N–H and O–H groups in total. The Balaban J connectivity index is 1.46. The fourth-order valence-electron chi connectivity index (χ4n) is 2.91. The van der Waals surface area contributed by atoms with Gasteiger partial charge in [0.05, 0.1) is 14.2 Å². The van der Waals surface area contributed by atoms with Crippen molar-refractivity contribution in [2.45, 2.75) is 4.90 Å². The highest BCUT2D eigenvalue weighted by molar-refractivity contribution is 7.92. The van der Waals surface area contributed by atoms with Crippen molar-refractivity contribution < 1.29 is 22.6 Å². The second-order valence-electron chi connectivity index (χ2n) is 6.57. The van der Waals surface area contributed by atoms with E-state index in [0.717, 1.165) is 0 Å². The van der Waals surface area contributed by atoms with Crippen molar-refractivity contribution in [1.29, 1.82) is 0 Å². The zero-order chi connectivity index (χ0) is 22.6. The lowest BCUT2D eigenvalue weighted by molar-refractivity contribution is 0.386. The molecule has 0 saturated carbocycles. The van der Waals surface area contributed by atoms with E-state index in [4.69, 9.17) is 14.2 Å². The van der Waals surface area contributed by atoms with E-state index in [9.17, 15) is 8.42 Å². The van der Waals surface area contributed by atoms with Gasteiger partial charge in [0.1, 0.15) is 22.1 Å². The zero-order valence-electron chi connectivity index (χ0n) is 17.3. The number of benzene rings is 2. The van der Waals surface area contributed by atoms with Crippen LogP contribution in [-0.4, -0.2) is 37.4 Å². The molecule has 0 fully saturated rings. The van der Waals surface area contributed by atoms with E-state index < -0.39 is 10.0 Å². The van der Waals surface area contributed by atoms with Gasteiger partial charge in [-0.1, -0.05) is 0 Å². The number of hydrogen-bond donors (Lipinski definition) is 1. The predicted octanol–water partition coefficient (Wildman–Crippen LogP) is 3.88. The van der Waals surface area contributed by atoms with E-state index >= 15 is 0 Å². The zero-order valence-corrected chi connectivity index (χ0v) is 18.1. The second kappa shape index (κ2) is 8.98. The number of nitrogens with zero attached hydrogens (tertiary/aromatic N) is 3. The van der Waals surface area contributed by atoms with Gasteiger partial charge in [-0.3, -0.25) is 4.72 Å². The Bertz CT molecular complexity index is 1290. The number of hydrogen-bond acceptors (Lipinski definition) is 7. The number of aromatic nitrogens is 3. The molecule has 0 radical (unpaired) electrons. The lowest BCUT2D eigenvalue weighted by atomic mass is 10.3. The third-order valence-corrected chi connectivity index (χ3v) is 5.90. The Morgan fingerprint density at radius 2 is 1.56 bits per heavy atom. The maximum Gasteiger partial charge on any atom is 0.265 e. The molecule has 2 aromatic heterocycles. The number of anilines is 1. The molecular formula is C22H20N4O5S. The van der Waals surface area contributed by atoms with Crippen LogP contribution in [0.2, 0.25) is 0 Å². The maximum atomic E-state index is 12.8. The molecule has 0 saturated heterocycles. The topological polar surface area (TPSA) is 105 Å². The van der Waals surface area contributed by atoms with Crippen LogP contribution in [0.15, 0.2) is 84.0 Å². The van der Waals surface area contributed by atoms with Crippen molar-refractivity contribution >= 4 is 15.7 Å². The Labute approximate surface area is 185 Å². The fraction of sp³-hybridized carbons (Fsp3) is 0.0909. The SMILES string of the molecule is COc1ccc(S(=O)(=O)Nc2ccc(Oc3ccc(-n4cccc4)nn3)cc2)c(OC)c1. The molecule has 32 heavy (non-hydrogen) atoms. The molecule has 0 aliphatic heterocycles. The van der Waals surface area contributed by atoms with Crippen LogP contribution in [0, 0.1) is 0 Å². The van der Waals surface area contributed by atoms with Gasteiger partial charge < -0.3 is 18.8 Å². The minimum Gasteiger partial charge on any atom is -0.497 e. The Hall–Kier alpha value is -4.05. The lowest BCUT2D eigenvalue weighted by Crippen LogP contribution is -2.14. The number of ether oxygens (including phenoxy) is 3. The summed E-state index contributed by atoms with van der Waals surface area (Å²) in [5.74, 6) is 2.14. The molecule has 4 rings (SSSR count). The van der Waals surface area contributed by atoms with Gasteiger partial charge in [-0.2, -0.15) is 0 Å². The van der Waals surface area contributed by atoms with E-state index in [0.29, 0.717) is 28.9 Å². The molecule has 10 heteroatoms. The van der Waals surface area contributed by atoms with Crippen LogP contribution in [0.1, 0.15) is 0 Å². The van der Waals surface area contributed by atoms with Crippen LogP contribution < -0.4 is 18.9 Å². The van der Waals surface area contributed by atoms with Crippen molar-refractivity contribution in [3.05, 3.63) is 79.1 Å². The summed E-state index contributed by atoms with van der Waals surface area (Å²) in [5.41, 5.74) is 0.365. The minimum atomic E-state index is -3.88. The van der Waals surface area contributed by atoms with E-state index in [-0.39, 0.29) is 10.6 Å². The summed E-state index contributed by atoms with van der Waals surface area (Å²) in [6.45, 7) is 0. The minimum absolute atomic E-state index is 0.000757. The normalized spacial score (nSPS) is 11.1. The Morgan fingerprint density at radius 3 is 2.19 bits per heavy atom. The third kappa shape index (κ3) is 4.65. The molecule has 0 aliphatic carbocycles. The third-order valence-electron chi connectivity index (χ3n) is 4.48. The predicted molar refractivity (Wildman–Crippen MR) is 118 cm³/mol. The molecular weight excluding hydrogens is 432 g/mol. The summed E-state index contributed by atoms with van der Waals surface area (Å²) in [6, 6.07) is 18.2. The van der Waals surface area contributed by atoms with Gasteiger partial charge in [0.2, 0.25) is 5.88 Å². The average Bonchev–Trinajstić information content (AvgIpc) is 3.35. The van der Waals surface area contributed by atoms with E-state index in [1.165, 1.54) is 26.4 Å². The molecule has 0 atom stereocenters. The van der Waals surface area contributed by atoms with Crippen LogP contribution in [-0.2, 0) is 10.0 Å². The van der Waals surface area contributed by atoms with E-state index in [1.54, 1.807) is 42.5 Å². The molecule has 0 bridgehead atoms. The van der Waals surface area contributed by atoms with Gasteiger partial charge in [0.15, 0.2) is 5.82 Å². The monoisotopic (exact) mass is 452 g/mol. The lowest BCUT2D eigenvalue weighted by Gasteiger charge is -2.13. The van der Waals surface area contributed by atoms with Gasteiger partial charge in [-0.15, -0.1) is 10.2 Å². The van der Waals surface area contributed by atoms with Crippen LogP contribution in [0.3, 0.4) is 0 Å². The summed E-state index contributed by atoms with van der Waals surface area (Å²) in [7, 11) is -0.985. The molecule has 0 spiro atoms. The van der Waals surface area contributed by atoms with Crippen molar-refractivity contribution in [3.63, 3.8) is 0 Å². The quantitative estimate of drug-likeness (QED) is 0.433. The van der Waals surface area contributed by atoms with Gasteiger partial charge in [-0.25, -0.2) is 8.42 Å². The summed E-state index contributed by atoms with van der Waals surface area (Å²) in [5, 5.41) is 8.18.